The molecule has 0 aliphatic heterocycles. The molecule has 1 heterocycles. The first-order valence-electron chi connectivity index (χ1n) is 10.3. The first-order valence-corrected chi connectivity index (χ1v) is 11.3. The first-order chi connectivity index (χ1) is 15.1. The zero-order valence-electron chi connectivity index (χ0n) is 17.6. The summed E-state index contributed by atoms with van der Waals surface area (Å²) >= 11 is 1.40. The molecule has 0 unspecified atom stereocenters. The van der Waals surface area contributed by atoms with Gasteiger partial charge >= 0.3 is 0 Å². The van der Waals surface area contributed by atoms with Gasteiger partial charge in [-0.15, -0.1) is 0 Å². The lowest BCUT2D eigenvalue weighted by Crippen LogP contribution is -2.14. The van der Waals surface area contributed by atoms with E-state index in [-0.39, 0.29) is 11.7 Å². The van der Waals surface area contributed by atoms with Crippen LogP contribution >= 0.6 is 11.8 Å². The van der Waals surface area contributed by atoms with Crippen LogP contribution in [0.25, 0.3) is 22.5 Å². The molecule has 3 aromatic carbocycles. The Morgan fingerprint density at radius 3 is 2.13 bits per heavy atom. The summed E-state index contributed by atoms with van der Waals surface area (Å²) in [6.45, 7) is 4.31. The highest BCUT2D eigenvalue weighted by Gasteiger charge is 2.15. The second kappa shape index (κ2) is 9.67. The number of aromatic nitrogens is 2. The Kier molecular flexibility index (Phi) is 6.53. The van der Waals surface area contributed by atoms with Gasteiger partial charge in [0.25, 0.3) is 0 Å². The zero-order valence-corrected chi connectivity index (χ0v) is 18.4. The summed E-state index contributed by atoms with van der Waals surface area (Å²) in [7, 11) is 0. The van der Waals surface area contributed by atoms with Crippen LogP contribution in [0.1, 0.15) is 25.3 Å². The number of nitrogens with zero attached hydrogens (tertiary/aromatic N) is 1. The Hall–Kier alpha value is -3.31. The number of benzene rings is 3. The van der Waals surface area contributed by atoms with Crippen LogP contribution in [0.3, 0.4) is 0 Å². The molecule has 1 amide bonds. The predicted octanol–water partition coefficient (Wildman–Crippen LogP) is 6.60. The molecular formula is C26H25N3OS. The molecule has 4 rings (SSSR count). The number of imidazole rings is 1. The minimum atomic E-state index is -0.0544. The highest BCUT2D eigenvalue weighted by Crippen LogP contribution is 2.32. The number of amides is 1. The maximum atomic E-state index is 12.5. The highest BCUT2D eigenvalue weighted by atomic mass is 32.2. The van der Waals surface area contributed by atoms with Gasteiger partial charge in [-0.3, -0.25) is 4.79 Å². The monoisotopic (exact) mass is 427 g/mol. The Balaban J connectivity index is 1.48. The molecule has 0 aliphatic carbocycles. The molecular weight excluding hydrogens is 402 g/mol. The van der Waals surface area contributed by atoms with Crippen LogP contribution in [0.5, 0.6) is 0 Å². The van der Waals surface area contributed by atoms with Crippen molar-refractivity contribution < 1.29 is 4.79 Å². The van der Waals surface area contributed by atoms with Gasteiger partial charge in [0.15, 0.2) is 5.16 Å². The molecule has 0 spiro atoms. The number of hydrogen-bond donors (Lipinski definition) is 2. The fourth-order valence-corrected chi connectivity index (χ4v) is 3.99. The first kappa shape index (κ1) is 20.9. The molecule has 0 saturated carbocycles. The second-order valence-electron chi connectivity index (χ2n) is 7.61. The van der Waals surface area contributed by atoms with Crippen molar-refractivity contribution in [3.63, 3.8) is 0 Å². The van der Waals surface area contributed by atoms with Gasteiger partial charge in [0.1, 0.15) is 0 Å². The molecule has 5 heteroatoms. The van der Waals surface area contributed by atoms with Crippen LogP contribution in [0.15, 0.2) is 90.1 Å². The van der Waals surface area contributed by atoms with E-state index < -0.39 is 0 Å². The summed E-state index contributed by atoms with van der Waals surface area (Å²) in [6, 6.07) is 28.2. The SMILES string of the molecule is CC(C)c1ccc(NC(=O)CSc2nc(-c3ccccc3)c(-c3ccccc3)[nH]2)cc1. The van der Waals surface area contributed by atoms with Gasteiger partial charge in [0.05, 0.1) is 17.1 Å². The van der Waals surface area contributed by atoms with Gasteiger partial charge in [-0.2, -0.15) is 0 Å². The number of aromatic amines is 1. The van der Waals surface area contributed by atoms with Crippen molar-refractivity contribution in [1.29, 1.82) is 0 Å². The fourth-order valence-electron chi connectivity index (χ4n) is 3.32. The molecule has 0 radical (unpaired) electrons. The molecule has 4 nitrogen and oxygen atoms in total. The van der Waals surface area contributed by atoms with Gasteiger partial charge in [0.2, 0.25) is 5.91 Å². The summed E-state index contributed by atoms with van der Waals surface area (Å²) < 4.78 is 0. The molecule has 0 atom stereocenters. The Morgan fingerprint density at radius 2 is 1.52 bits per heavy atom. The summed E-state index contributed by atoms with van der Waals surface area (Å²) in [5.41, 5.74) is 6.02. The molecule has 4 aromatic rings. The van der Waals surface area contributed by atoms with Gasteiger partial charge in [-0.05, 0) is 23.6 Å². The number of hydrogen-bond acceptors (Lipinski definition) is 3. The van der Waals surface area contributed by atoms with Crippen LogP contribution < -0.4 is 5.32 Å². The number of carbonyl (C=O) groups excluding carboxylic acids is 1. The van der Waals surface area contributed by atoms with Crippen LogP contribution in [-0.4, -0.2) is 21.6 Å². The van der Waals surface area contributed by atoms with Crippen molar-refractivity contribution in [3.05, 3.63) is 90.5 Å². The molecule has 0 saturated heterocycles. The van der Waals surface area contributed by atoms with Gasteiger partial charge < -0.3 is 10.3 Å². The lowest BCUT2D eigenvalue weighted by Gasteiger charge is -2.08. The van der Waals surface area contributed by atoms with E-state index in [1.807, 2.05) is 60.7 Å². The van der Waals surface area contributed by atoms with Crippen molar-refractivity contribution in [2.45, 2.75) is 24.9 Å². The van der Waals surface area contributed by atoms with Gasteiger partial charge in [-0.25, -0.2) is 4.98 Å². The van der Waals surface area contributed by atoms with Crippen LogP contribution in [0, 0.1) is 0 Å². The number of thioether (sulfide) groups is 1. The normalized spacial score (nSPS) is 10.9. The van der Waals surface area contributed by atoms with Crippen molar-refractivity contribution in [3.8, 4) is 22.5 Å². The quantitative estimate of drug-likeness (QED) is 0.327. The van der Waals surface area contributed by atoms with Crippen molar-refractivity contribution >= 4 is 23.4 Å². The van der Waals surface area contributed by atoms with E-state index >= 15 is 0 Å². The van der Waals surface area contributed by atoms with Crippen LogP contribution in [0.2, 0.25) is 0 Å². The van der Waals surface area contributed by atoms with Gasteiger partial charge in [0, 0.05) is 16.8 Å². The third kappa shape index (κ3) is 5.25. The zero-order chi connectivity index (χ0) is 21.6. The summed E-state index contributed by atoms with van der Waals surface area (Å²) in [5, 5.41) is 3.69. The predicted molar refractivity (Wildman–Crippen MR) is 129 cm³/mol. The second-order valence-corrected chi connectivity index (χ2v) is 8.58. The smallest absolute Gasteiger partial charge is 0.234 e. The molecule has 0 bridgehead atoms. The number of anilines is 1. The van der Waals surface area contributed by atoms with E-state index in [9.17, 15) is 4.79 Å². The lowest BCUT2D eigenvalue weighted by atomic mass is 10.0. The Bertz CT molecular complexity index is 1080. The third-order valence-electron chi connectivity index (χ3n) is 4.99. The fraction of sp³-hybridized carbons (Fsp3) is 0.154. The molecule has 0 aliphatic rings. The highest BCUT2D eigenvalue weighted by molar-refractivity contribution is 7.99. The molecule has 2 N–H and O–H groups in total. The molecule has 31 heavy (non-hydrogen) atoms. The number of carbonyl (C=O) groups is 1. The van der Waals surface area contributed by atoms with Crippen LogP contribution in [0.4, 0.5) is 5.69 Å². The van der Waals surface area contributed by atoms with E-state index in [0.29, 0.717) is 5.92 Å². The maximum absolute atomic E-state index is 12.5. The number of rotatable bonds is 7. The lowest BCUT2D eigenvalue weighted by molar-refractivity contribution is -0.113. The maximum Gasteiger partial charge on any atom is 0.234 e. The van der Waals surface area contributed by atoms with Crippen molar-refractivity contribution in [2.24, 2.45) is 0 Å². The van der Waals surface area contributed by atoms with E-state index in [4.69, 9.17) is 4.98 Å². The molecule has 0 fully saturated rings. The Labute approximate surface area is 187 Å². The minimum Gasteiger partial charge on any atom is -0.332 e. The van der Waals surface area contributed by atoms with E-state index in [1.54, 1.807) is 0 Å². The average molecular weight is 428 g/mol. The van der Waals surface area contributed by atoms with Crippen molar-refractivity contribution in [1.82, 2.24) is 9.97 Å². The summed E-state index contributed by atoms with van der Waals surface area (Å²) in [4.78, 5) is 20.7. The third-order valence-corrected chi connectivity index (χ3v) is 5.87. The minimum absolute atomic E-state index is 0.0544. The molecule has 1 aromatic heterocycles. The summed E-state index contributed by atoms with van der Waals surface area (Å²) in [6.07, 6.45) is 0. The number of nitrogens with one attached hydrogen (secondary N) is 2. The van der Waals surface area contributed by atoms with Crippen LogP contribution in [-0.2, 0) is 4.79 Å². The Morgan fingerprint density at radius 1 is 0.903 bits per heavy atom. The van der Waals surface area contributed by atoms with E-state index in [1.165, 1.54) is 17.3 Å². The molecule has 156 valence electrons. The standard InChI is InChI=1S/C26H25N3OS/c1-18(2)19-13-15-22(16-14-19)27-23(30)17-31-26-28-24(20-9-5-3-6-10-20)25(29-26)21-11-7-4-8-12-21/h3-16,18H,17H2,1-2H3,(H,27,30)(H,28,29). The van der Waals surface area contributed by atoms with Crippen molar-refractivity contribution in [2.75, 3.05) is 11.1 Å². The van der Waals surface area contributed by atoms with Gasteiger partial charge in [-0.1, -0.05) is 98.4 Å². The largest absolute Gasteiger partial charge is 0.332 e. The summed E-state index contributed by atoms with van der Waals surface area (Å²) in [5.74, 6) is 0.695. The van der Waals surface area contributed by atoms with E-state index in [0.717, 1.165) is 33.4 Å². The number of H-pyrrole nitrogens is 1. The van der Waals surface area contributed by atoms with E-state index in [2.05, 4.69) is 48.4 Å². The average Bonchev–Trinajstić information content (AvgIpc) is 3.24. The topological polar surface area (TPSA) is 57.8 Å².